The molecule has 2 aliphatic rings. The quantitative estimate of drug-likeness (QED) is 0.761. The van der Waals surface area contributed by atoms with Gasteiger partial charge in [-0.1, -0.05) is 0 Å². The van der Waals surface area contributed by atoms with Crippen LogP contribution in [0.25, 0.3) is 0 Å². The van der Waals surface area contributed by atoms with Crippen LogP contribution < -0.4 is 10.0 Å². The summed E-state index contributed by atoms with van der Waals surface area (Å²) in [4.78, 5) is 14.6. The summed E-state index contributed by atoms with van der Waals surface area (Å²) in [5, 5.41) is 3.30. The van der Waals surface area contributed by atoms with Crippen molar-refractivity contribution >= 4 is 15.9 Å². The van der Waals surface area contributed by atoms with Gasteiger partial charge in [-0.3, -0.25) is 4.79 Å². The van der Waals surface area contributed by atoms with Gasteiger partial charge in [0, 0.05) is 25.2 Å². The highest BCUT2D eigenvalue weighted by Gasteiger charge is 2.36. The maximum Gasteiger partial charge on any atom is 0.227 e. The standard InChI is InChI=1S/C13H25N3O3S/c1-10-12(6-7-14-10)13(17)16-8-4-3-5-11(16)9-15-20(2,18)19/h10-12,14-15H,3-9H2,1-2H3. The molecule has 0 spiro atoms. The molecule has 3 atom stereocenters. The summed E-state index contributed by atoms with van der Waals surface area (Å²) in [6.07, 6.45) is 4.98. The van der Waals surface area contributed by atoms with Crippen LogP contribution in [0.3, 0.4) is 0 Å². The molecule has 0 aromatic carbocycles. The van der Waals surface area contributed by atoms with Gasteiger partial charge in [-0.15, -0.1) is 0 Å². The van der Waals surface area contributed by atoms with Crippen molar-refractivity contribution in [3.63, 3.8) is 0 Å². The van der Waals surface area contributed by atoms with Crippen molar-refractivity contribution in [2.24, 2.45) is 5.92 Å². The van der Waals surface area contributed by atoms with Crippen LogP contribution in [0.1, 0.15) is 32.6 Å². The van der Waals surface area contributed by atoms with Gasteiger partial charge in [0.15, 0.2) is 0 Å². The average Bonchev–Trinajstić information content (AvgIpc) is 2.81. The molecule has 3 unspecified atom stereocenters. The molecule has 2 N–H and O–H groups in total. The number of nitrogens with one attached hydrogen (secondary N) is 2. The molecule has 6 nitrogen and oxygen atoms in total. The van der Waals surface area contributed by atoms with Gasteiger partial charge in [-0.05, 0) is 39.2 Å². The number of sulfonamides is 1. The van der Waals surface area contributed by atoms with E-state index in [4.69, 9.17) is 0 Å². The Bertz CT molecular complexity index is 452. The van der Waals surface area contributed by atoms with Crippen molar-refractivity contribution < 1.29 is 13.2 Å². The molecule has 1 amide bonds. The number of hydrogen-bond donors (Lipinski definition) is 2. The fourth-order valence-electron chi connectivity index (χ4n) is 3.16. The van der Waals surface area contributed by atoms with Gasteiger partial charge in [0.05, 0.1) is 12.2 Å². The number of carbonyl (C=O) groups excluding carboxylic acids is 1. The van der Waals surface area contributed by atoms with Crippen LogP contribution in [-0.4, -0.2) is 57.2 Å². The molecule has 0 aliphatic carbocycles. The van der Waals surface area contributed by atoms with Crippen molar-refractivity contribution in [2.75, 3.05) is 25.9 Å². The number of piperidine rings is 1. The van der Waals surface area contributed by atoms with Gasteiger partial charge in [-0.2, -0.15) is 0 Å². The second-order valence-corrected chi connectivity index (χ2v) is 7.77. The summed E-state index contributed by atoms with van der Waals surface area (Å²) >= 11 is 0. The zero-order valence-electron chi connectivity index (χ0n) is 12.3. The molecule has 20 heavy (non-hydrogen) atoms. The first-order valence-electron chi connectivity index (χ1n) is 7.37. The lowest BCUT2D eigenvalue weighted by atomic mass is 9.95. The maximum atomic E-state index is 12.7. The summed E-state index contributed by atoms with van der Waals surface area (Å²) < 4.78 is 25.0. The molecule has 0 radical (unpaired) electrons. The minimum absolute atomic E-state index is 0.00113. The molecular weight excluding hydrogens is 278 g/mol. The molecule has 2 heterocycles. The van der Waals surface area contributed by atoms with E-state index in [9.17, 15) is 13.2 Å². The number of carbonyl (C=O) groups is 1. The maximum absolute atomic E-state index is 12.7. The van der Waals surface area contributed by atoms with Gasteiger partial charge in [0.2, 0.25) is 15.9 Å². The van der Waals surface area contributed by atoms with Crippen LogP contribution >= 0.6 is 0 Å². The lowest BCUT2D eigenvalue weighted by molar-refractivity contribution is -0.139. The number of likely N-dealkylation sites (tertiary alicyclic amines) is 1. The predicted octanol–water partition coefficient (Wildman–Crippen LogP) is -0.0853. The molecule has 0 bridgehead atoms. The minimum atomic E-state index is -3.20. The zero-order chi connectivity index (χ0) is 14.8. The van der Waals surface area contributed by atoms with Crippen molar-refractivity contribution in [1.29, 1.82) is 0 Å². The molecule has 0 saturated carbocycles. The average molecular weight is 303 g/mol. The number of nitrogens with zero attached hydrogens (tertiary/aromatic N) is 1. The van der Waals surface area contributed by atoms with Crippen LogP contribution in [0.4, 0.5) is 0 Å². The largest absolute Gasteiger partial charge is 0.338 e. The van der Waals surface area contributed by atoms with Gasteiger partial charge in [0.1, 0.15) is 0 Å². The Kier molecular flexibility index (Phi) is 5.04. The van der Waals surface area contributed by atoms with E-state index in [2.05, 4.69) is 10.0 Å². The molecule has 2 rings (SSSR count). The molecule has 7 heteroatoms. The molecule has 0 aromatic heterocycles. The van der Waals surface area contributed by atoms with E-state index in [0.717, 1.165) is 45.0 Å². The normalized spacial score (nSPS) is 31.5. The third-order valence-corrected chi connectivity index (χ3v) is 5.02. The highest BCUT2D eigenvalue weighted by atomic mass is 32.2. The van der Waals surface area contributed by atoms with Crippen LogP contribution in [0.5, 0.6) is 0 Å². The van der Waals surface area contributed by atoms with Gasteiger partial charge in [-0.25, -0.2) is 13.1 Å². The van der Waals surface area contributed by atoms with E-state index >= 15 is 0 Å². The third kappa shape index (κ3) is 3.93. The topological polar surface area (TPSA) is 78.5 Å². The van der Waals surface area contributed by atoms with E-state index in [-0.39, 0.29) is 23.9 Å². The summed E-state index contributed by atoms with van der Waals surface area (Å²) in [7, 11) is -3.20. The van der Waals surface area contributed by atoms with Gasteiger partial charge in [0.25, 0.3) is 0 Å². The Labute approximate surface area is 121 Å². The first-order valence-corrected chi connectivity index (χ1v) is 9.26. The Hall–Kier alpha value is -0.660. The highest BCUT2D eigenvalue weighted by molar-refractivity contribution is 7.88. The molecule has 2 aliphatic heterocycles. The van der Waals surface area contributed by atoms with Crippen LogP contribution in [-0.2, 0) is 14.8 Å². The van der Waals surface area contributed by atoms with E-state index in [0.29, 0.717) is 6.54 Å². The fourth-order valence-corrected chi connectivity index (χ4v) is 3.65. The molecule has 2 saturated heterocycles. The van der Waals surface area contributed by atoms with Crippen molar-refractivity contribution in [3.8, 4) is 0 Å². The van der Waals surface area contributed by atoms with E-state index in [1.807, 2.05) is 11.8 Å². The van der Waals surface area contributed by atoms with Crippen LogP contribution in [0.2, 0.25) is 0 Å². The highest BCUT2D eigenvalue weighted by Crippen LogP contribution is 2.24. The fraction of sp³-hybridized carbons (Fsp3) is 0.923. The van der Waals surface area contributed by atoms with Crippen LogP contribution in [0.15, 0.2) is 0 Å². The van der Waals surface area contributed by atoms with Crippen molar-refractivity contribution in [3.05, 3.63) is 0 Å². The molecular formula is C13H25N3O3S. The van der Waals surface area contributed by atoms with Gasteiger partial charge >= 0.3 is 0 Å². The zero-order valence-corrected chi connectivity index (χ0v) is 13.1. The molecule has 116 valence electrons. The SMILES string of the molecule is CC1NCCC1C(=O)N1CCCCC1CNS(C)(=O)=O. The monoisotopic (exact) mass is 303 g/mol. The summed E-state index contributed by atoms with van der Waals surface area (Å²) in [6.45, 7) is 4.01. The summed E-state index contributed by atoms with van der Waals surface area (Å²) in [6, 6.07) is 0.215. The van der Waals surface area contributed by atoms with E-state index in [1.54, 1.807) is 0 Å². The lowest BCUT2D eigenvalue weighted by Gasteiger charge is -2.38. The first kappa shape index (κ1) is 15.7. The Balaban J connectivity index is 2.00. The second kappa shape index (κ2) is 6.41. The van der Waals surface area contributed by atoms with E-state index < -0.39 is 10.0 Å². The number of hydrogen-bond acceptors (Lipinski definition) is 4. The Morgan fingerprint density at radius 1 is 1.35 bits per heavy atom. The lowest BCUT2D eigenvalue weighted by Crippen LogP contribution is -2.52. The smallest absolute Gasteiger partial charge is 0.227 e. The number of amides is 1. The molecule has 2 fully saturated rings. The minimum Gasteiger partial charge on any atom is -0.338 e. The van der Waals surface area contributed by atoms with Crippen molar-refractivity contribution in [2.45, 2.75) is 44.7 Å². The first-order chi connectivity index (χ1) is 9.38. The third-order valence-electron chi connectivity index (χ3n) is 4.33. The summed E-state index contributed by atoms with van der Waals surface area (Å²) in [5.41, 5.74) is 0. The van der Waals surface area contributed by atoms with E-state index in [1.165, 1.54) is 0 Å². The Morgan fingerprint density at radius 3 is 2.70 bits per heavy atom. The predicted molar refractivity (Wildman–Crippen MR) is 77.8 cm³/mol. The van der Waals surface area contributed by atoms with Crippen molar-refractivity contribution in [1.82, 2.24) is 14.9 Å². The second-order valence-electron chi connectivity index (χ2n) is 5.94. The van der Waals surface area contributed by atoms with Crippen LogP contribution in [0, 0.1) is 5.92 Å². The summed E-state index contributed by atoms with van der Waals surface area (Å²) in [5.74, 6) is 0.219. The molecule has 0 aromatic rings. The Morgan fingerprint density at radius 2 is 2.10 bits per heavy atom. The van der Waals surface area contributed by atoms with Gasteiger partial charge < -0.3 is 10.2 Å². The number of rotatable bonds is 4.